The first kappa shape index (κ1) is 16.9. The Labute approximate surface area is 150 Å². The lowest BCUT2D eigenvalue weighted by Crippen LogP contribution is -2.22. The number of rotatable bonds is 2. The van der Waals surface area contributed by atoms with Crippen molar-refractivity contribution in [2.75, 3.05) is 5.73 Å². The molecule has 1 aliphatic rings. The summed E-state index contributed by atoms with van der Waals surface area (Å²) in [5, 5.41) is 14.7. The monoisotopic (exact) mass is 357 g/mol. The van der Waals surface area contributed by atoms with Crippen LogP contribution in [0.2, 0.25) is 0 Å². The predicted molar refractivity (Wildman–Crippen MR) is 96.2 cm³/mol. The van der Waals surface area contributed by atoms with E-state index in [9.17, 15) is 5.11 Å². The number of aliphatic hydroxyl groups is 1. The summed E-state index contributed by atoms with van der Waals surface area (Å²) in [7, 11) is 1.88. The van der Waals surface area contributed by atoms with Crippen molar-refractivity contribution in [3.63, 3.8) is 0 Å². The molecule has 1 aliphatic heterocycles. The number of hydrogen-bond acceptors (Lipinski definition) is 7. The van der Waals surface area contributed by atoms with Crippen LogP contribution >= 0.6 is 0 Å². The van der Waals surface area contributed by atoms with Crippen LogP contribution in [-0.2, 0) is 11.8 Å². The molecular formula is C17H23N7O2. The Balaban J connectivity index is 1.89. The highest BCUT2D eigenvalue weighted by atomic mass is 16.5. The molecule has 0 amide bonds. The minimum Gasteiger partial charge on any atom is -0.390 e. The molecule has 0 saturated carbocycles. The predicted octanol–water partition coefficient (Wildman–Crippen LogP) is 1.34. The van der Waals surface area contributed by atoms with E-state index in [4.69, 9.17) is 15.5 Å². The van der Waals surface area contributed by atoms with Crippen LogP contribution in [0, 0.1) is 19.8 Å². The maximum absolute atomic E-state index is 10.2. The first-order valence-corrected chi connectivity index (χ1v) is 8.63. The van der Waals surface area contributed by atoms with Crippen LogP contribution in [0.15, 0.2) is 6.33 Å². The van der Waals surface area contributed by atoms with E-state index >= 15 is 0 Å². The zero-order valence-corrected chi connectivity index (χ0v) is 15.5. The fourth-order valence-corrected chi connectivity index (χ4v) is 3.67. The lowest BCUT2D eigenvalue weighted by atomic mass is 10.0. The maximum atomic E-state index is 10.2. The molecule has 0 aromatic carbocycles. The van der Waals surface area contributed by atoms with Gasteiger partial charge in [0.15, 0.2) is 17.3 Å². The van der Waals surface area contributed by atoms with E-state index in [1.54, 1.807) is 11.0 Å². The number of fused-ring (bicyclic) bond motifs is 1. The number of aromatic nitrogens is 6. The zero-order chi connectivity index (χ0) is 18.7. The lowest BCUT2D eigenvalue weighted by molar-refractivity contribution is -0.00992. The third kappa shape index (κ3) is 2.31. The summed E-state index contributed by atoms with van der Waals surface area (Å²) in [6, 6.07) is 0. The van der Waals surface area contributed by atoms with Gasteiger partial charge >= 0.3 is 0 Å². The van der Waals surface area contributed by atoms with Crippen molar-refractivity contribution in [2.24, 2.45) is 13.0 Å². The molecule has 0 spiro atoms. The van der Waals surface area contributed by atoms with E-state index in [0.29, 0.717) is 22.8 Å². The molecule has 4 rings (SSSR count). The Kier molecular flexibility index (Phi) is 3.74. The molecule has 0 aliphatic carbocycles. The Bertz CT molecular complexity index is 993. The number of imidazole rings is 1. The van der Waals surface area contributed by atoms with Gasteiger partial charge in [-0.25, -0.2) is 15.0 Å². The molecule has 3 N–H and O–H groups in total. The highest BCUT2D eigenvalue weighted by Gasteiger charge is 2.40. The van der Waals surface area contributed by atoms with Gasteiger partial charge in [0.05, 0.1) is 29.8 Å². The molecule has 26 heavy (non-hydrogen) atoms. The number of nitrogen functional groups attached to an aromatic ring is 1. The molecule has 3 aromatic rings. The van der Waals surface area contributed by atoms with Crippen LogP contribution in [-0.4, -0.2) is 46.6 Å². The number of anilines is 1. The molecule has 9 heteroatoms. The van der Waals surface area contributed by atoms with Crippen LogP contribution < -0.4 is 5.73 Å². The Hall–Kier alpha value is -2.52. The van der Waals surface area contributed by atoms with Gasteiger partial charge in [0.1, 0.15) is 11.7 Å². The summed E-state index contributed by atoms with van der Waals surface area (Å²) in [6.07, 6.45) is 0.491. The molecule has 4 heterocycles. The van der Waals surface area contributed by atoms with Gasteiger partial charge in [0.2, 0.25) is 0 Å². The largest absolute Gasteiger partial charge is 0.390 e. The molecule has 9 nitrogen and oxygen atoms in total. The van der Waals surface area contributed by atoms with Gasteiger partial charge in [-0.05, 0) is 20.8 Å². The van der Waals surface area contributed by atoms with Crippen molar-refractivity contribution < 1.29 is 9.84 Å². The van der Waals surface area contributed by atoms with Crippen LogP contribution in [0.4, 0.5) is 5.82 Å². The molecule has 0 bridgehead atoms. The van der Waals surface area contributed by atoms with E-state index < -0.39 is 6.10 Å². The van der Waals surface area contributed by atoms with Gasteiger partial charge in [0.25, 0.3) is 0 Å². The van der Waals surface area contributed by atoms with Gasteiger partial charge in [-0.15, -0.1) is 0 Å². The van der Waals surface area contributed by atoms with Crippen molar-refractivity contribution in [1.29, 1.82) is 0 Å². The number of nitrogens with two attached hydrogens (primary N) is 1. The van der Waals surface area contributed by atoms with Crippen LogP contribution in [0.25, 0.3) is 22.6 Å². The number of nitrogens with zero attached hydrogens (tertiary/aromatic N) is 6. The first-order chi connectivity index (χ1) is 12.3. The summed E-state index contributed by atoms with van der Waals surface area (Å²) in [4.78, 5) is 13.5. The van der Waals surface area contributed by atoms with Crippen LogP contribution in [0.5, 0.6) is 0 Å². The van der Waals surface area contributed by atoms with Crippen molar-refractivity contribution >= 4 is 17.0 Å². The average molecular weight is 357 g/mol. The fourth-order valence-electron chi connectivity index (χ4n) is 3.67. The van der Waals surface area contributed by atoms with Crippen molar-refractivity contribution in [2.45, 2.75) is 46.1 Å². The fraction of sp³-hybridized carbons (Fsp3) is 0.529. The van der Waals surface area contributed by atoms with Crippen molar-refractivity contribution in [3.8, 4) is 11.4 Å². The summed E-state index contributed by atoms with van der Waals surface area (Å²) < 4.78 is 9.56. The second-order valence-corrected chi connectivity index (χ2v) is 7.01. The second kappa shape index (κ2) is 5.75. The molecule has 0 radical (unpaired) electrons. The van der Waals surface area contributed by atoms with E-state index in [0.717, 1.165) is 17.0 Å². The summed E-state index contributed by atoms with van der Waals surface area (Å²) >= 11 is 0. The molecule has 1 fully saturated rings. The van der Waals surface area contributed by atoms with E-state index in [2.05, 4.69) is 15.1 Å². The lowest BCUT2D eigenvalue weighted by Gasteiger charge is -2.17. The number of aliphatic hydroxyl groups excluding tert-OH is 1. The molecule has 4 unspecified atom stereocenters. The third-order valence-corrected chi connectivity index (χ3v) is 5.28. The van der Waals surface area contributed by atoms with Gasteiger partial charge in [-0.3, -0.25) is 9.25 Å². The van der Waals surface area contributed by atoms with E-state index in [1.807, 2.05) is 39.3 Å². The van der Waals surface area contributed by atoms with Gasteiger partial charge in [-0.2, -0.15) is 5.10 Å². The molecular weight excluding hydrogens is 334 g/mol. The summed E-state index contributed by atoms with van der Waals surface area (Å²) in [5.74, 6) is 0.730. The minimum absolute atomic E-state index is 0.0936. The standard InChI is InChI=1S/C17H23N7O2/c1-7-13(25)10(4)26-17(7)24-6-19-12-14(18)20-15(21-16(12)24)11-8(2)22-23(5)9(11)3/h6-7,10,13,17,25H,1-5H3,(H2,18,20,21). The third-order valence-electron chi connectivity index (χ3n) is 5.28. The number of aryl methyl sites for hydroxylation is 2. The van der Waals surface area contributed by atoms with Crippen LogP contribution in [0.1, 0.15) is 31.5 Å². The quantitative estimate of drug-likeness (QED) is 0.711. The minimum atomic E-state index is -0.543. The van der Waals surface area contributed by atoms with Crippen LogP contribution in [0.3, 0.4) is 0 Å². The van der Waals surface area contributed by atoms with Crippen molar-refractivity contribution in [1.82, 2.24) is 29.3 Å². The first-order valence-electron chi connectivity index (χ1n) is 8.63. The van der Waals surface area contributed by atoms with Crippen molar-refractivity contribution in [3.05, 3.63) is 17.7 Å². The molecule has 3 aromatic heterocycles. The van der Waals surface area contributed by atoms with Gasteiger partial charge in [-0.1, -0.05) is 6.92 Å². The smallest absolute Gasteiger partial charge is 0.168 e. The summed E-state index contributed by atoms with van der Waals surface area (Å²) in [5.41, 5.74) is 9.94. The molecule has 4 atom stereocenters. The SMILES string of the molecule is Cc1nn(C)c(C)c1-c1nc(N)c2ncn(C3OC(C)C(O)C3C)c2n1. The van der Waals surface area contributed by atoms with Gasteiger partial charge < -0.3 is 15.6 Å². The Morgan fingerprint density at radius 2 is 1.96 bits per heavy atom. The number of hydrogen-bond donors (Lipinski definition) is 2. The topological polar surface area (TPSA) is 117 Å². The normalized spacial score (nSPS) is 26.1. The zero-order valence-electron chi connectivity index (χ0n) is 15.5. The van der Waals surface area contributed by atoms with E-state index in [1.165, 1.54) is 0 Å². The van der Waals surface area contributed by atoms with E-state index in [-0.39, 0.29) is 18.2 Å². The summed E-state index contributed by atoms with van der Waals surface area (Å²) in [6.45, 7) is 7.70. The molecule has 1 saturated heterocycles. The van der Waals surface area contributed by atoms with Gasteiger partial charge in [0, 0.05) is 18.7 Å². The highest BCUT2D eigenvalue weighted by Crippen LogP contribution is 2.36. The Morgan fingerprint density at radius 3 is 2.54 bits per heavy atom. The highest BCUT2D eigenvalue weighted by molar-refractivity contribution is 5.84. The molecule has 138 valence electrons. The average Bonchev–Trinajstić information content (AvgIpc) is 3.19. The second-order valence-electron chi connectivity index (χ2n) is 7.01. The number of ether oxygens (including phenoxy) is 1. The maximum Gasteiger partial charge on any atom is 0.168 e. The Morgan fingerprint density at radius 1 is 1.23 bits per heavy atom.